The van der Waals surface area contributed by atoms with Crippen molar-refractivity contribution in [2.75, 3.05) is 13.6 Å². The maximum Gasteiger partial charge on any atom is 0.0423 e. The van der Waals surface area contributed by atoms with E-state index in [4.69, 9.17) is 0 Å². The molecule has 0 radical (unpaired) electrons. The molecule has 0 aromatic carbocycles. The van der Waals surface area contributed by atoms with E-state index in [2.05, 4.69) is 49.3 Å². The number of allylic oxidation sites excluding steroid dienone is 5. The van der Waals surface area contributed by atoms with Crippen LogP contribution in [-0.4, -0.2) is 31.7 Å². The third kappa shape index (κ3) is 5.74. The standard InChI is InChI=1S/C20H33N3/c1-10-15(4)13-23-17(6)19(14-21-9)16(5)20(8,11-2)18(7)22-12-3/h10-11,13-14,16H,2,12H2,1,3-9H3/b15-10-,19-17-,21-14?,22-18?,23-13-. The molecule has 0 N–H and O–H groups in total. The lowest BCUT2D eigenvalue weighted by molar-refractivity contribution is 0.444. The molecule has 0 aromatic heterocycles. The van der Waals surface area contributed by atoms with Gasteiger partial charge < -0.3 is 0 Å². The van der Waals surface area contributed by atoms with E-state index < -0.39 is 0 Å². The van der Waals surface area contributed by atoms with Crippen LogP contribution in [0.4, 0.5) is 0 Å². The van der Waals surface area contributed by atoms with E-state index in [1.165, 1.54) is 0 Å². The van der Waals surface area contributed by atoms with E-state index in [1.54, 1.807) is 7.05 Å². The van der Waals surface area contributed by atoms with E-state index in [-0.39, 0.29) is 11.3 Å². The van der Waals surface area contributed by atoms with Crippen molar-refractivity contribution < 1.29 is 0 Å². The topological polar surface area (TPSA) is 37.1 Å². The summed E-state index contributed by atoms with van der Waals surface area (Å²) < 4.78 is 0. The van der Waals surface area contributed by atoms with Crippen molar-refractivity contribution >= 4 is 18.1 Å². The van der Waals surface area contributed by atoms with E-state index in [0.717, 1.165) is 29.1 Å². The number of nitrogens with zero attached hydrogens (tertiary/aromatic N) is 3. The van der Waals surface area contributed by atoms with Gasteiger partial charge in [0.05, 0.1) is 0 Å². The van der Waals surface area contributed by atoms with Crippen molar-refractivity contribution in [3.8, 4) is 0 Å². The summed E-state index contributed by atoms with van der Waals surface area (Å²) in [5.41, 5.74) is 4.09. The highest BCUT2D eigenvalue weighted by Crippen LogP contribution is 2.36. The molecule has 0 aliphatic carbocycles. The molecule has 0 heterocycles. The third-order valence-electron chi connectivity index (χ3n) is 4.57. The molecule has 0 rings (SSSR count). The molecule has 0 amide bonds. The molecule has 0 aromatic rings. The second-order valence-corrected chi connectivity index (χ2v) is 5.99. The first kappa shape index (κ1) is 21.2. The first-order valence-corrected chi connectivity index (χ1v) is 8.23. The van der Waals surface area contributed by atoms with Crippen LogP contribution in [0.1, 0.15) is 48.5 Å². The van der Waals surface area contributed by atoms with Crippen molar-refractivity contribution in [3.63, 3.8) is 0 Å². The molecule has 0 bridgehead atoms. The van der Waals surface area contributed by atoms with Gasteiger partial charge in [0.2, 0.25) is 0 Å². The maximum absolute atomic E-state index is 4.61. The van der Waals surface area contributed by atoms with Gasteiger partial charge in [-0.1, -0.05) is 26.0 Å². The van der Waals surface area contributed by atoms with Gasteiger partial charge in [0.15, 0.2) is 0 Å². The number of rotatable bonds is 8. The Morgan fingerprint density at radius 3 is 2.26 bits per heavy atom. The average molecular weight is 316 g/mol. The molecule has 128 valence electrons. The van der Waals surface area contributed by atoms with Crippen molar-refractivity contribution in [2.45, 2.75) is 48.5 Å². The smallest absolute Gasteiger partial charge is 0.0423 e. The van der Waals surface area contributed by atoms with Crippen molar-refractivity contribution in [2.24, 2.45) is 26.3 Å². The highest BCUT2D eigenvalue weighted by Gasteiger charge is 2.33. The first-order valence-electron chi connectivity index (χ1n) is 8.23. The van der Waals surface area contributed by atoms with Crippen LogP contribution in [0, 0.1) is 11.3 Å². The van der Waals surface area contributed by atoms with Crippen LogP contribution in [0.2, 0.25) is 0 Å². The van der Waals surface area contributed by atoms with E-state index in [1.807, 2.05) is 45.4 Å². The lowest BCUT2D eigenvalue weighted by atomic mass is 9.71. The normalized spacial score (nSPS) is 19.0. The quantitative estimate of drug-likeness (QED) is 0.430. The van der Waals surface area contributed by atoms with Gasteiger partial charge in [0.25, 0.3) is 0 Å². The first-order chi connectivity index (χ1) is 10.8. The van der Waals surface area contributed by atoms with Crippen LogP contribution in [0.5, 0.6) is 0 Å². The van der Waals surface area contributed by atoms with Crippen LogP contribution >= 0.6 is 0 Å². The SMILES string of the molecule is C=CC(C)(C(C)=NCC)C(C)\C(C=NC)=C(C)/N=C\C(C)=C/C. The molecule has 0 aliphatic heterocycles. The Hall–Kier alpha value is -1.77. The van der Waals surface area contributed by atoms with Gasteiger partial charge in [-0.05, 0) is 51.7 Å². The second kappa shape index (κ2) is 10.1. The second-order valence-electron chi connectivity index (χ2n) is 5.99. The Morgan fingerprint density at radius 2 is 1.83 bits per heavy atom. The molecule has 23 heavy (non-hydrogen) atoms. The predicted octanol–water partition coefficient (Wildman–Crippen LogP) is 5.31. The van der Waals surface area contributed by atoms with Gasteiger partial charge in [-0.15, -0.1) is 6.58 Å². The van der Waals surface area contributed by atoms with Gasteiger partial charge >= 0.3 is 0 Å². The van der Waals surface area contributed by atoms with Gasteiger partial charge in [0.1, 0.15) is 0 Å². The largest absolute Gasteiger partial charge is 0.296 e. The zero-order valence-corrected chi connectivity index (χ0v) is 16.1. The molecular formula is C20H33N3. The molecule has 2 unspecified atom stereocenters. The third-order valence-corrected chi connectivity index (χ3v) is 4.57. The lowest BCUT2D eigenvalue weighted by Gasteiger charge is -2.34. The minimum absolute atomic E-state index is 0.182. The molecule has 0 fully saturated rings. The summed E-state index contributed by atoms with van der Waals surface area (Å²) >= 11 is 0. The van der Waals surface area contributed by atoms with E-state index in [9.17, 15) is 0 Å². The monoisotopic (exact) mass is 315 g/mol. The fourth-order valence-electron chi connectivity index (χ4n) is 2.37. The van der Waals surface area contributed by atoms with Crippen LogP contribution in [0.3, 0.4) is 0 Å². The summed E-state index contributed by atoms with van der Waals surface area (Å²) in [4.78, 5) is 13.5. The van der Waals surface area contributed by atoms with E-state index >= 15 is 0 Å². The molecule has 3 heteroatoms. The number of hydrogen-bond donors (Lipinski definition) is 0. The molecular weight excluding hydrogens is 282 g/mol. The van der Waals surface area contributed by atoms with Gasteiger partial charge in [-0.3, -0.25) is 15.0 Å². The van der Waals surface area contributed by atoms with Crippen molar-refractivity contribution in [1.29, 1.82) is 0 Å². The Morgan fingerprint density at radius 1 is 1.22 bits per heavy atom. The zero-order chi connectivity index (χ0) is 18.0. The fourth-order valence-corrected chi connectivity index (χ4v) is 2.37. The zero-order valence-electron chi connectivity index (χ0n) is 16.1. The molecule has 0 spiro atoms. The minimum atomic E-state index is -0.223. The van der Waals surface area contributed by atoms with Crippen LogP contribution in [-0.2, 0) is 0 Å². The predicted molar refractivity (Wildman–Crippen MR) is 106 cm³/mol. The Balaban J connectivity index is 5.99. The number of aliphatic imine (C=N–C) groups is 3. The molecule has 0 aliphatic rings. The highest BCUT2D eigenvalue weighted by atomic mass is 14.8. The molecule has 0 saturated carbocycles. The van der Waals surface area contributed by atoms with Gasteiger partial charge in [-0.25, -0.2) is 0 Å². The molecule has 0 saturated heterocycles. The molecule has 3 nitrogen and oxygen atoms in total. The Kier molecular flexibility index (Phi) is 9.31. The minimum Gasteiger partial charge on any atom is -0.296 e. The maximum atomic E-state index is 4.61. The fraction of sp³-hybridized carbons (Fsp3) is 0.550. The van der Waals surface area contributed by atoms with Crippen molar-refractivity contribution in [3.05, 3.63) is 35.6 Å². The lowest BCUT2D eigenvalue weighted by Crippen LogP contribution is -2.33. The summed E-state index contributed by atoms with van der Waals surface area (Å²) in [5, 5.41) is 0. The highest BCUT2D eigenvalue weighted by molar-refractivity contribution is 5.92. The Bertz CT molecular complexity index is 547. The summed E-state index contributed by atoms with van der Waals surface area (Å²) in [6.07, 6.45) is 7.83. The van der Waals surface area contributed by atoms with Gasteiger partial charge in [-0.2, -0.15) is 0 Å². The van der Waals surface area contributed by atoms with E-state index in [0.29, 0.717) is 0 Å². The molecule has 2 atom stereocenters. The summed E-state index contributed by atoms with van der Waals surface area (Å²) in [6, 6.07) is 0. The van der Waals surface area contributed by atoms with Crippen LogP contribution in [0.15, 0.2) is 50.6 Å². The van der Waals surface area contributed by atoms with Crippen LogP contribution in [0.25, 0.3) is 0 Å². The number of hydrogen-bond acceptors (Lipinski definition) is 3. The van der Waals surface area contributed by atoms with Crippen molar-refractivity contribution in [1.82, 2.24) is 0 Å². The summed E-state index contributed by atoms with van der Waals surface area (Å²) in [7, 11) is 1.79. The van der Waals surface area contributed by atoms with Crippen LogP contribution < -0.4 is 0 Å². The summed E-state index contributed by atoms with van der Waals surface area (Å²) in [6.45, 7) is 19.4. The Labute approximate surface area is 142 Å². The summed E-state index contributed by atoms with van der Waals surface area (Å²) in [5.74, 6) is 0.182. The average Bonchev–Trinajstić information content (AvgIpc) is 2.55. The van der Waals surface area contributed by atoms with Gasteiger partial charge in [0, 0.05) is 42.8 Å².